The largest absolute Gasteiger partial charge is 0.488 e. The molecule has 0 radical (unpaired) electrons. The number of nitrogens with one attached hydrogen (secondary N) is 1. The number of halogens is 2. The van der Waals surface area contributed by atoms with Crippen LogP contribution in [0.5, 0.6) is 5.75 Å². The van der Waals surface area contributed by atoms with Gasteiger partial charge in [-0.25, -0.2) is 0 Å². The Bertz CT molecular complexity index is 1090. The summed E-state index contributed by atoms with van der Waals surface area (Å²) < 4.78 is 7.58. The van der Waals surface area contributed by atoms with Crippen molar-refractivity contribution in [1.29, 1.82) is 5.26 Å². The van der Waals surface area contributed by atoms with Gasteiger partial charge in [0.1, 0.15) is 24.0 Å². The molecule has 6 heteroatoms. The number of carbonyl (C=O) groups excluding carboxylic acids is 1. The van der Waals surface area contributed by atoms with E-state index in [1.807, 2.05) is 66.7 Å². The molecule has 0 saturated carbocycles. The standard InChI is InChI=1S/C23H16BrIN2O2/c24-21-12-17(9-10-22(21)29-15-16-5-2-1-3-6-16)11-18(14-26)23(28)27-20-8-4-7-19(25)13-20/h1-13H,15H2,(H,27,28)/b18-11+. The zero-order chi connectivity index (χ0) is 20.6. The average molecular weight is 559 g/mol. The van der Waals surface area contributed by atoms with Gasteiger partial charge >= 0.3 is 0 Å². The van der Waals surface area contributed by atoms with Crippen molar-refractivity contribution in [1.82, 2.24) is 0 Å². The molecule has 0 atom stereocenters. The highest BCUT2D eigenvalue weighted by atomic mass is 127. The maximum Gasteiger partial charge on any atom is 0.266 e. The molecule has 1 amide bonds. The normalized spacial score (nSPS) is 10.9. The number of hydrogen-bond donors (Lipinski definition) is 1. The third-order valence-corrected chi connectivity index (χ3v) is 5.24. The lowest BCUT2D eigenvalue weighted by atomic mass is 10.1. The van der Waals surface area contributed by atoms with E-state index in [-0.39, 0.29) is 5.57 Å². The van der Waals surface area contributed by atoms with E-state index in [9.17, 15) is 10.1 Å². The third-order valence-electron chi connectivity index (χ3n) is 3.95. The van der Waals surface area contributed by atoms with Gasteiger partial charge in [0.2, 0.25) is 0 Å². The van der Waals surface area contributed by atoms with Crippen LogP contribution in [0, 0.1) is 14.9 Å². The van der Waals surface area contributed by atoms with Crippen LogP contribution < -0.4 is 10.1 Å². The number of rotatable bonds is 6. The van der Waals surface area contributed by atoms with Crippen LogP contribution in [0.2, 0.25) is 0 Å². The highest BCUT2D eigenvalue weighted by Gasteiger charge is 2.11. The van der Waals surface area contributed by atoms with Crippen LogP contribution in [0.4, 0.5) is 5.69 Å². The second kappa shape index (κ2) is 10.2. The van der Waals surface area contributed by atoms with Crippen LogP contribution in [0.3, 0.4) is 0 Å². The summed E-state index contributed by atoms with van der Waals surface area (Å²) in [6, 6.07) is 24.7. The minimum Gasteiger partial charge on any atom is -0.488 e. The van der Waals surface area contributed by atoms with Crippen LogP contribution in [-0.4, -0.2) is 5.91 Å². The van der Waals surface area contributed by atoms with Gasteiger partial charge in [-0.1, -0.05) is 42.5 Å². The molecule has 144 valence electrons. The van der Waals surface area contributed by atoms with Gasteiger partial charge in [-0.15, -0.1) is 0 Å². The maximum absolute atomic E-state index is 12.4. The SMILES string of the molecule is N#C/C(=C\c1ccc(OCc2ccccc2)c(Br)c1)C(=O)Nc1cccc(I)c1. The van der Waals surface area contributed by atoms with Gasteiger partial charge in [0.25, 0.3) is 5.91 Å². The van der Waals surface area contributed by atoms with Gasteiger partial charge in [-0.05, 0) is 86.1 Å². The molecule has 0 aliphatic carbocycles. The van der Waals surface area contributed by atoms with Gasteiger partial charge in [0.05, 0.1) is 4.47 Å². The van der Waals surface area contributed by atoms with Gasteiger partial charge in [0, 0.05) is 9.26 Å². The molecular formula is C23H16BrIN2O2. The van der Waals surface area contributed by atoms with Crippen molar-refractivity contribution < 1.29 is 9.53 Å². The second-order valence-electron chi connectivity index (χ2n) is 6.10. The minimum atomic E-state index is -0.449. The van der Waals surface area contributed by atoms with Crippen LogP contribution in [-0.2, 0) is 11.4 Å². The summed E-state index contributed by atoms with van der Waals surface area (Å²) in [6.07, 6.45) is 1.55. The fourth-order valence-corrected chi connectivity index (χ4v) is 3.59. The lowest BCUT2D eigenvalue weighted by molar-refractivity contribution is -0.112. The zero-order valence-corrected chi connectivity index (χ0v) is 19.0. The van der Waals surface area contributed by atoms with Gasteiger partial charge < -0.3 is 10.1 Å². The van der Waals surface area contributed by atoms with Crippen molar-refractivity contribution in [3.8, 4) is 11.8 Å². The topological polar surface area (TPSA) is 62.1 Å². The Labute approximate surface area is 191 Å². The van der Waals surface area contributed by atoms with Gasteiger partial charge in [-0.3, -0.25) is 4.79 Å². The first-order valence-corrected chi connectivity index (χ1v) is 10.6. The van der Waals surface area contributed by atoms with Gasteiger partial charge in [-0.2, -0.15) is 5.26 Å². The number of benzene rings is 3. The molecule has 0 aliphatic rings. The predicted octanol–water partition coefficient (Wildman–Crippen LogP) is 6.18. The van der Waals surface area contributed by atoms with E-state index in [1.165, 1.54) is 0 Å². The highest BCUT2D eigenvalue weighted by molar-refractivity contribution is 14.1. The molecular weight excluding hydrogens is 543 g/mol. The molecule has 0 unspecified atom stereocenters. The van der Waals surface area contributed by atoms with Crippen molar-refractivity contribution in [2.24, 2.45) is 0 Å². The lowest BCUT2D eigenvalue weighted by Gasteiger charge is -2.09. The molecule has 0 fully saturated rings. The molecule has 0 aromatic heterocycles. The fourth-order valence-electron chi connectivity index (χ4n) is 2.54. The molecule has 0 spiro atoms. The number of anilines is 1. The Morgan fingerprint density at radius 1 is 1.10 bits per heavy atom. The van der Waals surface area contributed by atoms with Crippen molar-refractivity contribution >= 4 is 56.2 Å². The minimum absolute atomic E-state index is 0.0220. The number of hydrogen-bond acceptors (Lipinski definition) is 3. The Hall–Kier alpha value is -2.63. The highest BCUT2D eigenvalue weighted by Crippen LogP contribution is 2.28. The summed E-state index contributed by atoms with van der Waals surface area (Å²) in [5.41, 5.74) is 2.46. The fraction of sp³-hybridized carbons (Fsp3) is 0.0435. The molecule has 0 aliphatic heterocycles. The van der Waals surface area contributed by atoms with E-state index in [2.05, 4.69) is 43.8 Å². The monoisotopic (exact) mass is 558 g/mol. The Balaban J connectivity index is 1.71. The summed E-state index contributed by atoms with van der Waals surface area (Å²) in [5.74, 6) is 0.239. The molecule has 1 N–H and O–H groups in total. The van der Waals surface area contributed by atoms with E-state index < -0.39 is 5.91 Å². The summed E-state index contributed by atoms with van der Waals surface area (Å²) in [5, 5.41) is 12.2. The number of ether oxygens (including phenoxy) is 1. The molecule has 0 heterocycles. The Morgan fingerprint density at radius 2 is 1.90 bits per heavy atom. The molecule has 0 saturated heterocycles. The predicted molar refractivity (Wildman–Crippen MR) is 126 cm³/mol. The quantitative estimate of drug-likeness (QED) is 0.223. The molecule has 0 bridgehead atoms. The van der Waals surface area contributed by atoms with E-state index in [0.29, 0.717) is 18.0 Å². The summed E-state index contributed by atoms with van der Waals surface area (Å²) in [7, 11) is 0. The van der Waals surface area contributed by atoms with Crippen molar-refractivity contribution in [2.75, 3.05) is 5.32 Å². The first-order chi connectivity index (χ1) is 14.0. The first kappa shape index (κ1) is 21.1. The van der Waals surface area contributed by atoms with Gasteiger partial charge in [0.15, 0.2) is 0 Å². The number of amides is 1. The van der Waals surface area contributed by atoms with Crippen LogP contribution in [0.25, 0.3) is 6.08 Å². The van der Waals surface area contributed by atoms with E-state index >= 15 is 0 Å². The number of carbonyl (C=O) groups is 1. The molecule has 4 nitrogen and oxygen atoms in total. The second-order valence-corrected chi connectivity index (χ2v) is 8.20. The number of nitriles is 1. The van der Waals surface area contributed by atoms with E-state index in [4.69, 9.17) is 4.74 Å². The van der Waals surface area contributed by atoms with Crippen LogP contribution >= 0.6 is 38.5 Å². The van der Waals surface area contributed by atoms with Crippen molar-refractivity contribution in [2.45, 2.75) is 6.61 Å². The third kappa shape index (κ3) is 6.17. The zero-order valence-electron chi connectivity index (χ0n) is 15.2. The Kier molecular flexibility index (Phi) is 7.44. The van der Waals surface area contributed by atoms with E-state index in [0.717, 1.165) is 19.2 Å². The molecule has 3 rings (SSSR count). The molecule has 3 aromatic carbocycles. The molecule has 29 heavy (non-hydrogen) atoms. The Morgan fingerprint density at radius 3 is 2.59 bits per heavy atom. The summed E-state index contributed by atoms with van der Waals surface area (Å²) in [6.45, 7) is 0.455. The van der Waals surface area contributed by atoms with E-state index in [1.54, 1.807) is 18.2 Å². The summed E-state index contributed by atoms with van der Waals surface area (Å²) in [4.78, 5) is 12.4. The first-order valence-electron chi connectivity index (χ1n) is 8.70. The van der Waals surface area contributed by atoms with Crippen LogP contribution in [0.15, 0.2) is 82.8 Å². The maximum atomic E-state index is 12.4. The van der Waals surface area contributed by atoms with Crippen molar-refractivity contribution in [3.05, 3.63) is 97.5 Å². The number of nitrogens with zero attached hydrogens (tertiary/aromatic N) is 1. The van der Waals surface area contributed by atoms with Crippen molar-refractivity contribution in [3.63, 3.8) is 0 Å². The molecule has 3 aromatic rings. The lowest BCUT2D eigenvalue weighted by Crippen LogP contribution is -2.13. The summed E-state index contributed by atoms with van der Waals surface area (Å²) >= 11 is 5.66. The van der Waals surface area contributed by atoms with Crippen LogP contribution in [0.1, 0.15) is 11.1 Å². The average Bonchev–Trinajstić information content (AvgIpc) is 2.72. The smallest absolute Gasteiger partial charge is 0.266 e.